The summed E-state index contributed by atoms with van der Waals surface area (Å²) < 4.78 is 0. The van der Waals surface area contributed by atoms with Gasteiger partial charge in [0.2, 0.25) is 5.91 Å². The van der Waals surface area contributed by atoms with E-state index in [1.54, 1.807) is 6.07 Å². The van der Waals surface area contributed by atoms with Crippen molar-refractivity contribution in [2.45, 2.75) is 12.5 Å². The number of pyridine rings is 1. The molecule has 1 aliphatic rings. The third-order valence-electron chi connectivity index (χ3n) is 5.56. The van der Waals surface area contributed by atoms with Gasteiger partial charge in [0.05, 0.1) is 11.4 Å². The Kier molecular flexibility index (Phi) is 5.28. The number of rotatable bonds is 5. The van der Waals surface area contributed by atoms with Crippen LogP contribution < -0.4 is 16.1 Å². The van der Waals surface area contributed by atoms with Crippen LogP contribution in [-0.4, -0.2) is 28.6 Å². The van der Waals surface area contributed by atoms with Crippen molar-refractivity contribution in [1.82, 2.24) is 4.98 Å². The summed E-state index contributed by atoms with van der Waals surface area (Å²) in [5, 5.41) is 10.9. The van der Waals surface area contributed by atoms with Crippen molar-refractivity contribution < 1.29 is 9.59 Å². The lowest BCUT2D eigenvalue weighted by Crippen LogP contribution is -2.39. The van der Waals surface area contributed by atoms with E-state index in [0.717, 1.165) is 22.0 Å². The standard InChI is InChI=1S/C26H21N5O2/c27-25(32)23-16-22(30-31(23)20-9-2-1-3-10-20)26(33)29-24-12-6-11-21(28-24)19-14-13-17-7-4-5-8-18(17)15-19/h1-15,23H,16H2,(H2,27,32)(H,28,29,33). The summed E-state index contributed by atoms with van der Waals surface area (Å²) in [4.78, 5) is 29.5. The zero-order valence-corrected chi connectivity index (χ0v) is 17.7. The van der Waals surface area contributed by atoms with Crippen LogP contribution in [0, 0.1) is 0 Å². The monoisotopic (exact) mass is 435 g/mol. The van der Waals surface area contributed by atoms with Gasteiger partial charge in [-0.25, -0.2) is 4.98 Å². The summed E-state index contributed by atoms with van der Waals surface area (Å²) >= 11 is 0. The molecule has 4 aromatic rings. The largest absolute Gasteiger partial charge is 0.368 e. The van der Waals surface area contributed by atoms with Crippen molar-refractivity contribution in [3.05, 3.63) is 91.0 Å². The molecule has 0 bridgehead atoms. The minimum absolute atomic E-state index is 0.125. The maximum Gasteiger partial charge on any atom is 0.273 e. The number of para-hydroxylation sites is 1. The molecule has 33 heavy (non-hydrogen) atoms. The average Bonchev–Trinajstić information content (AvgIpc) is 3.31. The Balaban J connectivity index is 1.38. The molecular weight excluding hydrogens is 414 g/mol. The lowest BCUT2D eigenvalue weighted by molar-refractivity contribution is -0.119. The quantitative estimate of drug-likeness (QED) is 0.495. The summed E-state index contributed by atoms with van der Waals surface area (Å²) in [6, 6.07) is 28.1. The molecule has 1 unspecified atom stereocenters. The summed E-state index contributed by atoms with van der Waals surface area (Å²) in [7, 11) is 0. The second-order valence-electron chi connectivity index (χ2n) is 7.77. The van der Waals surface area contributed by atoms with Crippen molar-refractivity contribution in [3.8, 4) is 11.3 Å². The molecule has 1 aromatic heterocycles. The topological polar surface area (TPSA) is 101 Å². The number of benzene rings is 3. The van der Waals surface area contributed by atoms with Crippen LogP contribution in [0.1, 0.15) is 6.42 Å². The fraction of sp³-hybridized carbons (Fsp3) is 0.0769. The molecule has 0 fully saturated rings. The number of amides is 2. The molecule has 2 amide bonds. The van der Waals surface area contributed by atoms with Gasteiger partial charge in [-0.3, -0.25) is 14.6 Å². The van der Waals surface area contributed by atoms with Gasteiger partial charge in [0.1, 0.15) is 17.6 Å². The fourth-order valence-corrected chi connectivity index (χ4v) is 3.89. The molecule has 1 atom stereocenters. The number of hydrazone groups is 1. The van der Waals surface area contributed by atoms with E-state index >= 15 is 0 Å². The zero-order chi connectivity index (χ0) is 22.8. The molecule has 0 radical (unpaired) electrons. The smallest absolute Gasteiger partial charge is 0.273 e. The molecule has 0 saturated heterocycles. The highest BCUT2D eigenvalue weighted by Gasteiger charge is 2.35. The third-order valence-corrected chi connectivity index (χ3v) is 5.56. The molecular formula is C26H21N5O2. The van der Waals surface area contributed by atoms with Crippen LogP contribution in [0.25, 0.3) is 22.0 Å². The minimum atomic E-state index is -0.718. The zero-order valence-electron chi connectivity index (χ0n) is 17.7. The first kappa shape index (κ1) is 20.4. The Morgan fingerprint density at radius 2 is 1.64 bits per heavy atom. The van der Waals surface area contributed by atoms with Crippen LogP contribution in [0.3, 0.4) is 0 Å². The number of hydrogen-bond acceptors (Lipinski definition) is 5. The van der Waals surface area contributed by atoms with E-state index in [9.17, 15) is 9.59 Å². The Bertz CT molecular complexity index is 1380. The number of anilines is 2. The van der Waals surface area contributed by atoms with E-state index in [-0.39, 0.29) is 12.1 Å². The number of primary amides is 1. The Labute approximate surface area is 190 Å². The third kappa shape index (κ3) is 4.16. The Morgan fingerprint density at radius 3 is 2.42 bits per heavy atom. The fourth-order valence-electron chi connectivity index (χ4n) is 3.89. The number of aromatic nitrogens is 1. The minimum Gasteiger partial charge on any atom is -0.368 e. The van der Waals surface area contributed by atoms with Crippen molar-refractivity contribution >= 4 is 39.8 Å². The van der Waals surface area contributed by atoms with E-state index in [2.05, 4.69) is 33.6 Å². The lowest BCUT2D eigenvalue weighted by atomic mass is 10.0. The van der Waals surface area contributed by atoms with E-state index in [4.69, 9.17) is 5.73 Å². The van der Waals surface area contributed by atoms with Gasteiger partial charge in [-0.05, 0) is 41.1 Å². The Morgan fingerprint density at radius 1 is 0.879 bits per heavy atom. The summed E-state index contributed by atoms with van der Waals surface area (Å²) in [6.45, 7) is 0. The van der Waals surface area contributed by atoms with Crippen LogP contribution in [0.5, 0.6) is 0 Å². The molecule has 7 heteroatoms. The number of nitrogens with two attached hydrogens (primary N) is 1. The molecule has 3 N–H and O–H groups in total. The summed E-state index contributed by atoms with van der Waals surface area (Å²) in [6.07, 6.45) is 0.125. The van der Waals surface area contributed by atoms with Gasteiger partial charge in [0.15, 0.2) is 0 Å². The van der Waals surface area contributed by atoms with E-state index in [0.29, 0.717) is 11.5 Å². The highest BCUT2D eigenvalue weighted by molar-refractivity contribution is 6.44. The first-order valence-corrected chi connectivity index (χ1v) is 10.6. The maximum atomic E-state index is 12.9. The summed E-state index contributed by atoms with van der Waals surface area (Å²) in [5.74, 6) is -0.549. The van der Waals surface area contributed by atoms with Crippen molar-refractivity contribution in [2.24, 2.45) is 10.8 Å². The first-order chi connectivity index (χ1) is 16.1. The number of carbonyl (C=O) groups is 2. The number of nitrogens with zero attached hydrogens (tertiary/aromatic N) is 3. The van der Waals surface area contributed by atoms with Gasteiger partial charge in [-0.2, -0.15) is 5.10 Å². The highest BCUT2D eigenvalue weighted by atomic mass is 16.2. The second-order valence-corrected chi connectivity index (χ2v) is 7.77. The molecule has 0 saturated carbocycles. The molecule has 2 heterocycles. The highest BCUT2D eigenvalue weighted by Crippen LogP contribution is 2.26. The lowest BCUT2D eigenvalue weighted by Gasteiger charge is -2.20. The molecule has 1 aliphatic heterocycles. The van der Waals surface area contributed by atoms with Crippen LogP contribution in [-0.2, 0) is 9.59 Å². The summed E-state index contributed by atoms with van der Waals surface area (Å²) in [5.41, 5.74) is 8.18. The number of fused-ring (bicyclic) bond motifs is 1. The predicted molar refractivity (Wildman–Crippen MR) is 130 cm³/mol. The molecule has 7 nitrogen and oxygen atoms in total. The van der Waals surface area contributed by atoms with Crippen molar-refractivity contribution in [3.63, 3.8) is 0 Å². The predicted octanol–water partition coefficient (Wildman–Crippen LogP) is 3.96. The van der Waals surface area contributed by atoms with E-state index < -0.39 is 17.9 Å². The first-order valence-electron chi connectivity index (χ1n) is 10.6. The van der Waals surface area contributed by atoms with E-state index in [1.165, 1.54) is 5.01 Å². The van der Waals surface area contributed by atoms with Gasteiger partial charge in [0.25, 0.3) is 5.91 Å². The van der Waals surface area contributed by atoms with Crippen molar-refractivity contribution in [2.75, 3.05) is 10.3 Å². The Hall–Kier alpha value is -4.52. The van der Waals surface area contributed by atoms with E-state index in [1.807, 2.05) is 66.7 Å². The number of carbonyl (C=O) groups excluding carboxylic acids is 2. The molecule has 5 rings (SSSR count). The number of nitrogens with one attached hydrogen (secondary N) is 1. The van der Waals surface area contributed by atoms with Crippen molar-refractivity contribution in [1.29, 1.82) is 0 Å². The molecule has 0 spiro atoms. The van der Waals surface area contributed by atoms with Gasteiger partial charge in [-0.15, -0.1) is 0 Å². The van der Waals surface area contributed by atoms with Gasteiger partial charge < -0.3 is 11.1 Å². The van der Waals surface area contributed by atoms with Crippen LogP contribution in [0.2, 0.25) is 0 Å². The second kappa shape index (κ2) is 8.55. The number of hydrogen-bond donors (Lipinski definition) is 2. The van der Waals surface area contributed by atoms with Crippen LogP contribution in [0.15, 0.2) is 96.1 Å². The van der Waals surface area contributed by atoms with Gasteiger partial charge in [-0.1, -0.05) is 60.7 Å². The van der Waals surface area contributed by atoms with Gasteiger partial charge in [0, 0.05) is 12.0 Å². The molecule has 162 valence electrons. The van der Waals surface area contributed by atoms with Crippen LogP contribution in [0.4, 0.5) is 11.5 Å². The van der Waals surface area contributed by atoms with Gasteiger partial charge >= 0.3 is 0 Å². The molecule has 3 aromatic carbocycles. The van der Waals surface area contributed by atoms with Crippen LogP contribution >= 0.6 is 0 Å². The SMILES string of the molecule is NC(=O)C1CC(C(=O)Nc2cccc(-c3ccc4ccccc4c3)n2)=NN1c1ccccc1. The average molecular weight is 435 g/mol. The maximum absolute atomic E-state index is 12.9. The molecule has 0 aliphatic carbocycles. The normalized spacial score (nSPS) is 15.3.